The summed E-state index contributed by atoms with van der Waals surface area (Å²) in [5.74, 6) is 0.616. The number of carboxylic acid groups (broad SMARTS) is 1. The van der Waals surface area contributed by atoms with Gasteiger partial charge in [0.15, 0.2) is 11.5 Å². The molecule has 2 amide bonds. The highest BCUT2D eigenvalue weighted by Gasteiger charge is 2.29. The third-order valence-corrected chi connectivity index (χ3v) is 7.12. The van der Waals surface area contributed by atoms with Gasteiger partial charge in [0.2, 0.25) is 0 Å². The van der Waals surface area contributed by atoms with Gasteiger partial charge < -0.3 is 25.4 Å². The fourth-order valence-corrected chi connectivity index (χ4v) is 4.89. The molecule has 2 aromatic heterocycles. The Hall–Kier alpha value is -3.77. The molecule has 0 radical (unpaired) electrons. The van der Waals surface area contributed by atoms with Crippen molar-refractivity contribution < 1.29 is 19.4 Å². The van der Waals surface area contributed by atoms with Crippen LogP contribution in [0.15, 0.2) is 30.5 Å². The zero-order valence-electron chi connectivity index (χ0n) is 21.1. The lowest BCUT2D eigenvalue weighted by molar-refractivity contribution is -0.143. The number of rotatable bonds is 6. The Bertz CT molecular complexity index is 1260. The number of nitrogens with one attached hydrogen (secondary N) is 2. The van der Waals surface area contributed by atoms with Crippen molar-refractivity contribution in [3.63, 3.8) is 0 Å². The number of morpholine rings is 1. The van der Waals surface area contributed by atoms with Crippen LogP contribution in [0.5, 0.6) is 0 Å². The maximum Gasteiger partial charge on any atom is 0.320 e. The van der Waals surface area contributed by atoms with E-state index in [1.165, 1.54) is 0 Å². The summed E-state index contributed by atoms with van der Waals surface area (Å²) in [5, 5.41) is 20.3. The van der Waals surface area contributed by atoms with Gasteiger partial charge in [-0.2, -0.15) is 5.10 Å². The van der Waals surface area contributed by atoms with Crippen LogP contribution < -0.4 is 15.5 Å². The summed E-state index contributed by atoms with van der Waals surface area (Å²) < 4.78 is 7.54. The van der Waals surface area contributed by atoms with Crippen molar-refractivity contribution in [3.05, 3.63) is 30.5 Å². The molecule has 196 valence electrons. The van der Waals surface area contributed by atoms with Crippen molar-refractivity contribution in [3.8, 4) is 11.4 Å². The van der Waals surface area contributed by atoms with Gasteiger partial charge in [-0.15, -0.1) is 0 Å². The van der Waals surface area contributed by atoms with Crippen LogP contribution in [0.3, 0.4) is 0 Å². The maximum atomic E-state index is 11.6. The number of benzene rings is 1. The summed E-state index contributed by atoms with van der Waals surface area (Å²) in [7, 11) is 1.57. The Kier molecular flexibility index (Phi) is 7.19. The van der Waals surface area contributed by atoms with E-state index in [1.807, 2.05) is 40.0 Å². The molecule has 1 unspecified atom stereocenters. The number of hydrogen-bond donors (Lipinski definition) is 3. The van der Waals surface area contributed by atoms with Gasteiger partial charge in [0.1, 0.15) is 11.9 Å². The van der Waals surface area contributed by atoms with Crippen molar-refractivity contribution in [1.82, 2.24) is 30.0 Å². The molecule has 1 aromatic carbocycles. The molecule has 0 bridgehead atoms. The first-order valence-corrected chi connectivity index (χ1v) is 12.6. The highest BCUT2D eigenvalue weighted by molar-refractivity contribution is 5.90. The second-order valence-electron chi connectivity index (χ2n) is 9.36. The lowest BCUT2D eigenvalue weighted by Gasteiger charge is -2.34. The predicted octanol–water partition coefficient (Wildman–Crippen LogP) is 2.19. The van der Waals surface area contributed by atoms with Crippen molar-refractivity contribution in [1.29, 1.82) is 0 Å². The smallest absolute Gasteiger partial charge is 0.320 e. The van der Waals surface area contributed by atoms with Gasteiger partial charge in [0.25, 0.3) is 0 Å². The second kappa shape index (κ2) is 10.7. The normalized spacial score (nSPS) is 18.1. The van der Waals surface area contributed by atoms with E-state index in [1.54, 1.807) is 14.0 Å². The number of piperidine rings is 1. The van der Waals surface area contributed by atoms with Crippen LogP contribution in [0, 0.1) is 0 Å². The number of nitrogens with zero attached hydrogens (tertiary/aromatic N) is 6. The highest BCUT2D eigenvalue weighted by atomic mass is 16.5. The largest absolute Gasteiger partial charge is 0.480 e. The Balaban J connectivity index is 1.48. The molecular formula is C25H32N8O4. The number of carboxylic acids is 1. The molecule has 0 aliphatic carbocycles. The van der Waals surface area contributed by atoms with E-state index in [4.69, 9.17) is 19.8 Å². The number of urea groups is 1. The van der Waals surface area contributed by atoms with Crippen molar-refractivity contribution >= 4 is 34.5 Å². The van der Waals surface area contributed by atoms with Crippen molar-refractivity contribution in [2.24, 2.45) is 0 Å². The van der Waals surface area contributed by atoms with E-state index in [0.717, 1.165) is 48.3 Å². The topological polar surface area (TPSA) is 138 Å². The summed E-state index contributed by atoms with van der Waals surface area (Å²) in [6.07, 6.45) is 3.42. The summed E-state index contributed by atoms with van der Waals surface area (Å²) in [4.78, 5) is 37.2. The highest BCUT2D eigenvalue weighted by Crippen LogP contribution is 2.32. The number of likely N-dealkylation sites (tertiary alicyclic amines) is 1. The van der Waals surface area contributed by atoms with Gasteiger partial charge in [-0.3, -0.25) is 9.69 Å². The minimum atomic E-state index is -0.799. The third kappa shape index (κ3) is 5.20. The Morgan fingerprint density at radius 1 is 1.08 bits per heavy atom. The molecule has 2 saturated heterocycles. The van der Waals surface area contributed by atoms with E-state index in [-0.39, 0.29) is 12.1 Å². The van der Waals surface area contributed by atoms with E-state index < -0.39 is 12.0 Å². The lowest BCUT2D eigenvalue weighted by atomic mass is 10.0. The number of hydrogen-bond acceptors (Lipinski definition) is 8. The van der Waals surface area contributed by atoms with Crippen LogP contribution in [-0.2, 0) is 9.53 Å². The monoisotopic (exact) mass is 508 g/mol. The summed E-state index contributed by atoms with van der Waals surface area (Å²) in [5.41, 5.74) is 2.27. The molecule has 3 aromatic rings. The van der Waals surface area contributed by atoms with Crippen LogP contribution in [0.1, 0.15) is 25.8 Å². The number of fused-ring (bicyclic) bond motifs is 1. The molecule has 2 fully saturated rings. The van der Waals surface area contributed by atoms with Crippen LogP contribution in [0.2, 0.25) is 0 Å². The molecule has 37 heavy (non-hydrogen) atoms. The first-order valence-electron chi connectivity index (χ1n) is 12.6. The van der Waals surface area contributed by atoms with Gasteiger partial charge in [0, 0.05) is 44.5 Å². The number of amides is 2. The molecule has 12 heteroatoms. The summed E-state index contributed by atoms with van der Waals surface area (Å²) in [6, 6.07) is 6.76. The molecule has 3 N–H and O–H groups in total. The number of carbonyl (C=O) groups is 2. The molecule has 5 rings (SSSR count). The van der Waals surface area contributed by atoms with E-state index in [0.29, 0.717) is 37.8 Å². The number of aliphatic carboxylic acids is 1. The molecule has 12 nitrogen and oxygen atoms in total. The number of anilines is 2. The zero-order chi connectivity index (χ0) is 25.9. The number of carbonyl (C=O) groups excluding carboxylic acids is 1. The number of aromatic nitrogens is 4. The van der Waals surface area contributed by atoms with E-state index in [9.17, 15) is 14.7 Å². The fourth-order valence-electron chi connectivity index (χ4n) is 4.89. The first-order chi connectivity index (χ1) is 17.9. The molecule has 0 spiro atoms. The minimum absolute atomic E-state index is 0.120. The van der Waals surface area contributed by atoms with E-state index in [2.05, 4.69) is 15.5 Å². The standard InChI is InChI=1S/C25H32N8O4/c1-16(24(34)35)31-9-7-19(8-10-31)33-23-20(15-27-33)22(32-11-13-37-14-12-32)29-21(30-23)17-3-5-18(6-4-17)28-25(36)26-2/h3-6,15-16,19H,7-14H2,1-2H3,(H,34,35)(H2,26,28,36). The van der Waals surface area contributed by atoms with Crippen molar-refractivity contribution in [2.75, 3.05) is 56.7 Å². The molecule has 2 aliphatic rings. The Labute approximate surface area is 214 Å². The average Bonchev–Trinajstić information content (AvgIpc) is 3.37. The molecule has 4 heterocycles. The SMILES string of the molecule is CNC(=O)Nc1ccc(-c2nc(N3CCOCC3)c3cnn(C4CCN(C(C)C(=O)O)CC4)c3n2)cc1. The van der Waals surface area contributed by atoms with Crippen LogP contribution >= 0.6 is 0 Å². The van der Waals surface area contributed by atoms with Crippen molar-refractivity contribution in [2.45, 2.75) is 31.8 Å². The zero-order valence-corrected chi connectivity index (χ0v) is 21.1. The van der Waals surface area contributed by atoms with Gasteiger partial charge in [-0.1, -0.05) is 0 Å². The number of ether oxygens (including phenoxy) is 1. The van der Waals surface area contributed by atoms with Gasteiger partial charge in [0.05, 0.1) is 30.8 Å². The molecular weight excluding hydrogens is 476 g/mol. The maximum absolute atomic E-state index is 11.6. The van der Waals surface area contributed by atoms with Gasteiger partial charge in [-0.05, 0) is 44.0 Å². The van der Waals surface area contributed by atoms with Crippen LogP contribution in [-0.4, -0.2) is 94.2 Å². The Morgan fingerprint density at radius 3 is 2.43 bits per heavy atom. The van der Waals surface area contributed by atoms with Crippen LogP contribution in [0.4, 0.5) is 16.3 Å². The predicted molar refractivity (Wildman–Crippen MR) is 139 cm³/mol. The minimum Gasteiger partial charge on any atom is -0.480 e. The van der Waals surface area contributed by atoms with Crippen LogP contribution in [0.25, 0.3) is 22.4 Å². The third-order valence-electron chi connectivity index (χ3n) is 7.12. The summed E-state index contributed by atoms with van der Waals surface area (Å²) in [6.45, 7) is 5.84. The molecule has 0 saturated carbocycles. The van der Waals surface area contributed by atoms with E-state index >= 15 is 0 Å². The average molecular weight is 509 g/mol. The van der Waals surface area contributed by atoms with Gasteiger partial charge >= 0.3 is 12.0 Å². The fraction of sp³-hybridized carbons (Fsp3) is 0.480. The molecule has 1 atom stereocenters. The second-order valence-corrected chi connectivity index (χ2v) is 9.36. The molecule has 2 aliphatic heterocycles. The lowest BCUT2D eigenvalue weighted by Crippen LogP contribution is -2.44. The quantitative estimate of drug-likeness (QED) is 0.457. The Morgan fingerprint density at radius 2 is 1.78 bits per heavy atom. The van der Waals surface area contributed by atoms with Gasteiger partial charge in [-0.25, -0.2) is 19.4 Å². The summed E-state index contributed by atoms with van der Waals surface area (Å²) >= 11 is 0. The first kappa shape index (κ1) is 24.9.